The zero-order chi connectivity index (χ0) is 10.0. The highest BCUT2D eigenvalue weighted by Crippen LogP contribution is 2.20. The molecular formula is C9H10N2OS. The summed E-state index contributed by atoms with van der Waals surface area (Å²) < 4.78 is 0. The van der Waals surface area contributed by atoms with Crippen molar-refractivity contribution in [3.8, 4) is 6.07 Å². The van der Waals surface area contributed by atoms with Crippen molar-refractivity contribution in [1.82, 2.24) is 4.98 Å². The fourth-order valence-electron chi connectivity index (χ4n) is 1.14. The van der Waals surface area contributed by atoms with E-state index in [0.29, 0.717) is 10.6 Å². The van der Waals surface area contributed by atoms with Gasteiger partial charge in [0.15, 0.2) is 0 Å². The van der Waals surface area contributed by atoms with Gasteiger partial charge in [-0.15, -0.1) is 12.6 Å². The summed E-state index contributed by atoms with van der Waals surface area (Å²) in [5, 5.41) is 9.16. The minimum atomic E-state index is -0.215. The van der Waals surface area contributed by atoms with Crippen LogP contribution in [0.1, 0.15) is 30.9 Å². The van der Waals surface area contributed by atoms with Crippen LogP contribution in [0.3, 0.4) is 0 Å². The van der Waals surface area contributed by atoms with E-state index in [4.69, 9.17) is 5.26 Å². The summed E-state index contributed by atoms with van der Waals surface area (Å²) in [6, 6.07) is 3.47. The Balaban J connectivity index is 3.50. The first-order valence-electron chi connectivity index (χ1n) is 3.92. The molecule has 0 radical (unpaired) electrons. The average molecular weight is 194 g/mol. The summed E-state index contributed by atoms with van der Waals surface area (Å²) in [5.74, 6) is 0.155. The maximum atomic E-state index is 11.1. The Hall–Kier alpha value is -1.21. The molecule has 1 aromatic heterocycles. The average Bonchev–Trinajstić information content (AvgIpc) is 2.02. The number of hydrogen-bond acceptors (Lipinski definition) is 3. The fourth-order valence-corrected chi connectivity index (χ4v) is 1.43. The summed E-state index contributed by atoms with van der Waals surface area (Å²) in [6.45, 7) is 3.87. The van der Waals surface area contributed by atoms with Crippen molar-refractivity contribution in [2.75, 3.05) is 0 Å². The Morgan fingerprint density at radius 2 is 2.23 bits per heavy atom. The molecule has 3 nitrogen and oxygen atoms in total. The van der Waals surface area contributed by atoms with E-state index >= 15 is 0 Å². The van der Waals surface area contributed by atoms with Crippen LogP contribution in [0.4, 0.5) is 0 Å². The van der Waals surface area contributed by atoms with Crippen LogP contribution < -0.4 is 5.56 Å². The van der Waals surface area contributed by atoms with E-state index in [1.165, 1.54) is 6.07 Å². The van der Waals surface area contributed by atoms with E-state index in [0.717, 1.165) is 5.56 Å². The van der Waals surface area contributed by atoms with E-state index in [2.05, 4.69) is 17.6 Å². The SMILES string of the molecule is CC(C)c1cc(=O)[nH]c(S)c1C#N. The summed E-state index contributed by atoms with van der Waals surface area (Å²) in [5.41, 5.74) is 0.988. The normalized spacial score (nSPS) is 10.1. The van der Waals surface area contributed by atoms with Gasteiger partial charge < -0.3 is 4.98 Å². The van der Waals surface area contributed by atoms with Crippen LogP contribution in [0.25, 0.3) is 0 Å². The molecule has 0 aliphatic carbocycles. The highest BCUT2D eigenvalue weighted by molar-refractivity contribution is 7.80. The van der Waals surface area contributed by atoms with E-state index in [9.17, 15) is 4.79 Å². The Morgan fingerprint density at radius 3 is 2.69 bits per heavy atom. The van der Waals surface area contributed by atoms with Gasteiger partial charge in [0.25, 0.3) is 0 Å². The molecule has 0 aliphatic rings. The minimum absolute atomic E-state index is 0.155. The molecule has 0 bridgehead atoms. The van der Waals surface area contributed by atoms with Crippen LogP contribution in [-0.2, 0) is 0 Å². The van der Waals surface area contributed by atoms with Crippen LogP contribution >= 0.6 is 12.6 Å². The fraction of sp³-hybridized carbons (Fsp3) is 0.333. The second-order valence-corrected chi connectivity index (χ2v) is 3.53. The zero-order valence-electron chi connectivity index (χ0n) is 7.46. The van der Waals surface area contributed by atoms with Crippen LogP contribution in [0.5, 0.6) is 0 Å². The number of H-pyrrole nitrogens is 1. The van der Waals surface area contributed by atoms with Crippen molar-refractivity contribution in [1.29, 1.82) is 5.26 Å². The molecule has 68 valence electrons. The molecule has 0 aliphatic heterocycles. The summed E-state index contributed by atoms with van der Waals surface area (Å²) in [6.07, 6.45) is 0. The van der Waals surface area contributed by atoms with Crippen molar-refractivity contribution >= 4 is 12.6 Å². The van der Waals surface area contributed by atoms with Gasteiger partial charge in [-0.25, -0.2) is 0 Å². The Morgan fingerprint density at radius 1 is 1.62 bits per heavy atom. The predicted molar refractivity (Wildman–Crippen MR) is 53.1 cm³/mol. The van der Waals surface area contributed by atoms with Crippen molar-refractivity contribution in [3.63, 3.8) is 0 Å². The monoisotopic (exact) mass is 194 g/mol. The number of pyridine rings is 1. The number of aromatic nitrogens is 1. The van der Waals surface area contributed by atoms with Gasteiger partial charge in [-0.3, -0.25) is 4.79 Å². The molecule has 0 saturated carbocycles. The molecule has 0 aromatic carbocycles. The number of nitriles is 1. The van der Waals surface area contributed by atoms with Gasteiger partial charge in [0, 0.05) is 6.07 Å². The van der Waals surface area contributed by atoms with Crippen LogP contribution in [0.15, 0.2) is 15.9 Å². The molecule has 0 saturated heterocycles. The van der Waals surface area contributed by atoms with Gasteiger partial charge in [0.1, 0.15) is 6.07 Å². The Labute approximate surface area is 81.8 Å². The van der Waals surface area contributed by atoms with Crippen LogP contribution in [0, 0.1) is 11.3 Å². The molecule has 0 fully saturated rings. The lowest BCUT2D eigenvalue weighted by atomic mass is 10.0. The number of hydrogen-bond donors (Lipinski definition) is 2. The van der Waals surface area contributed by atoms with E-state index in [1.807, 2.05) is 19.9 Å². The topological polar surface area (TPSA) is 56.6 Å². The van der Waals surface area contributed by atoms with Crippen LogP contribution in [-0.4, -0.2) is 4.98 Å². The number of nitrogens with zero attached hydrogens (tertiary/aromatic N) is 1. The first kappa shape index (κ1) is 9.87. The Bertz CT molecular complexity index is 415. The molecule has 1 aromatic rings. The smallest absolute Gasteiger partial charge is 0.249 e. The van der Waals surface area contributed by atoms with Gasteiger partial charge in [-0.1, -0.05) is 13.8 Å². The van der Waals surface area contributed by atoms with Crippen molar-refractivity contribution < 1.29 is 0 Å². The third-order valence-corrected chi connectivity index (χ3v) is 2.12. The standard InChI is InChI=1S/C9H10N2OS/c1-5(2)6-3-8(12)11-9(13)7(6)4-10/h3,5H,1-2H3,(H2,11,12,13). The quantitative estimate of drug-likeness (QED) is 0.668. The largest absolute Gasteiger partial charge is 0.316 e. The number of thiol groups is 1. The summed E-state index contributed by atoms with van der Waals surface area (Å²) in [7, 11) is 0. The molecule has 0 spiro atoms. The lowest BCUT2D eigenvalue weighted by Crippen LogP contribution is -2.10. The molecule has 0 amide bonds. The highest BCUT2D eigenvalue weighted by Gasteiger charge is 2.10. The molecule has 13 heavy (non-hydrogen) atoms. The molecule has 4 heteroatoms. The number of rotatable bonds is 1. The lowest BCUT2D eigenvalue weighted by Gasteiger charge is -2.07. The maximum Gasteiger partial charge on any atom is 0.249 e. The third-order valence-electron chi connectivity index (χ3n) is 1.79. The molecule has 0 atom stereocenters. The molecule has 1 heterocycles. The summed E-state index contributed by atoms with van der Waals surface area (Å²) >= 11 is 4.03. The molecular weight excluding hydrogens is 184 g/mol. The van der Waals surface area contributed by atoms with Gasteiger partial charge >= 0.3 is 0 Å². The Kier molecular flexibility index (Phi) is 2.79. The van der Waals surface area contributed by atoms with Crippen molar-refractivity contribution in [2.45, 2.75) is 24.8 Å². The van der Waals surface area contributed by atoms with Crippen LogP contribution in [0.2, 0.25) is 0 Å². The third kappa shape index (κ3) is 1.93. The lowest BCUT2D eigenvalue weighted by molar-refractivity contribution is 0.841. The highest BCUT2D eigenvalue weighted by atomic mass is 32.1. The maximum absolute atomic E-state index is 11.1. The first-order chi connectivity index (χ1) is 6.06. The second-order valence-electron chi connectivity index (χ2n) is 3.08. The van der Waals surface area contributed by atoms with Gasteiger partial charge in [0.2, 0.25) is 5.56 Å². The molecule has 1 N–H and O–H groups in total. The van der Waals surface area contributed by atoms with Gasteiger partial charge in [-0.05, 0) is 11.5 Å². The molecule has 0 unspecified atom stereocenters. The molecule has 1 rings (SSSR count). The number of nitrogens with one attached hydrogen (secondary N) is 1. The van der Waals surface area contributed by atoms with E-state index in [1.54, 1.807) is 0 Å². The number of aromatic amines is 1. The second kappa shape index (κ2) is 3.67. The van der Waals surface area contributed by atoms with Crippen molar-refractivity contribution in [3.05, 3.63) is 27.5 Å². The van der Waals surface area contributed by atoms with E-state index in [-0.39, 0.29) is 11.5 Å². The predicted octanol–water partition coefficient (Wildman–Crippen LogP) is 1.66. The zero-order valence-corrected chi connectivity index (χ0v) is 8.35. The van der Waals surface area contributed by atoms with Crippen molar-refractivity contribution in [2.24, 2.45) is 0 Å². The summed E-state index contributed by atoms with van der Waals surface area (Å²) in [4.78, 5) is 13.5. The van der Waals surface area contributed by atoms with Gasteiger partial charge in [0.05, 0.1) is 10.6 Å². The van der Waals surface area contributed by atoms with E-state index < -0.39 is 0 Å². The first-order valence-corrected chi connectivity index (χ1v) is 4.37. The minimum Gasteiger partial charge on any atom is -0.316 e. The van der Waals surface area contributed by atoms with Gasteiger partial charge in [-0.2, -0.15) is 5.26 Å².